The number of aliphatic hydroxyl groups excluding tert-OH is 1. The van der Waals surface area contributed by atoms with Gasteiger partial charge in [-0.05, 0) is 31.4 Å². The molecule has 4 heteroatoms. The van der Waals surface area contributed by atoms with Crippen LogP contribution in [0.15, 0.2) is 18.2 Å². The minimum atomic E-state index is 0.0474. The lowest BCUT2D eigenvalue weighted by atomic mass is 9.87. The summed E-state index contributed by atoms with van der Waals surface area (Å²) in [5, 5.41) is 13.1. The third-order valence-corrected chi connectivity index (χ3v) is 4.14. The van der Waals surface area contributed by atoms with E-state index < -0.39 is 0 Å². The first-order chi connectivity index (χ1) is 9.69. The van der Waals surface area contributed by atoms with E-state index in [0.717, 1.165) is 37.2 Å². The monoisotopic (exact) mass is 278 g/mol. The molecule has 0 aliphatic heterocycles. The van der Waals surface area contributed by atoms with E-state index in [2.05, 4.69) is 12.2 Å². The fourth-order valence-corrected chi connectivity index (χ4v) is 2.79. The molecule has 4 N–H and O–H groups in total. The zero-order valence-electron chi connectivity index (χ0n) is 12.3. The normalized spacial score (nSPS) is 17.1. The van der Waals surface area contributed by atoms with Gasteiger partial charge in [0.2, 0.25) is 0 Å². The first-order valence-corrected chi connectivity index (χ1v) is 7.56. The van der Waals surface area contributed by atoms with Crippen molar-refractivity contribution in [1.29, 1.82) is 0 Å². The number of benzene rings is 1. The Morgan fingerprint density at radius 1 is 1.35 bits per heavy atom. The second-order valence-electron chi connectivity index (χ2n) is 5.82. The summed E-state index contributed by atoms with van der Waals surface area (Å²) in [5.74, 6) is 0.737. The van der Waals surface area contributed by atoms with Crippen molar-refractivity contribution in [3.63, 3.8) is 0 Å². The zero-order chi connectivity index (χ0) is 14.4. The molecule has 4 nitrogen and oxygen atoms in total. The lowest BCUT2D eigenvalue weighted by Gasteiger charge is -2.27. The molecule has 0 spiro atoms. The molecule has 1 aromatic rings. The first-order valence-electron chi connectivity index (χ1n) is 7.56. The van der Waals surface area contributed by atoms with Crippen molar-refractivity contribution in [2.24, 2.45) is 5.41 Å². The summed E-state index contributed by atoms with van der Waals surface area (Å²) in [7, 11) is 0. The van der Waals surface area contributed by atoms with Crippen LogP contribution in [0.4, 0.5) is 11.4 Å². The van der Waals surface area contributed by atoms with Gasteiger partial charge in [-0.3, -0.25) is 0 Å². The van der Waals surface area contributed by atoms with Gasteiger partial charge in [0, 0.05) is 23.7 Å². The molecule has 0 atom stereocenters. The third kappa shape index (κ3) is 3.57. The highest BCUT2D eigenvalue weighted by molar-refractivity contribution is 5.61. The van der Waals surface area contributed by atoms with Gasteiger partial charge in [0.05, 0.1) is 18.9 Å². The molecule has 0 radical (unpaired) electrons. The van der Waals surface area contributed by atoms with Crippen LogP contribution < -0.4 is 15.8 Å². The third-order valence-electron chi connectivity index (χ3n) is 4.14. The molecule has 20 heavy (non-hydrogen) atoms. The summed E-state index contributed by atoms with van der Waals surface area (Å²) in [6.07, 6.45) is 5.60. The maximum atomic E-state index is 9.62. The Bertz CT molecular complexity index is 428. The molecule has 1 aliphatic rings. The topological polar surface area (TPSA) is 67.5 Å². The number of hydrogen-bond donors (Lipinski definition) is 3. The largest absolute Gasteiger partial charge is 0.491 e. The number of nitrogens with two attached hydrogens (primary N) is 1. The van der Waals surface area contributed by atoms with Crippen molar-refractivity contribution in [2.75, 3.05) is 30.8 Å². The van der Waals surface area contributed by atoms with Gasteiger partial charge in [-0.1, -0.05) is 19.8 Å². The van der Waals surface area contributed by atoms with Crippen molar-refractivity contribution >= 4 is 11.4 Å². The molecule has 1 saturated carbocycles. The van der Waals surface area contributed by atoms with Crippen LogP contribution in [0.5, 0.6) is 5.75 Å². The average Bonchev–Trinajstić information content (AvgIpc) is 2.94. The number of hydrogen-bond acceptors (Lipinski definition) is 4. The number of anilines is 2. The SMILES string of the molecule is CCCOc1cc(NCC2(CO)CCCC2)ccc1N. The van der Waals surface area contributed by atoms with E-state index in [1.54, 1.807) is 0 Å². The van der Waals surface area contributed by atoms with Crippen molar-refractivity contribution in [1.82, 2.24) is 0 Å². The number of rotatable bonds is 7. The number of nitrogen functional groups attached to an aromatic ring is 1. The Labute approximate surface area is 121 Å². The molecule has 112 valence electrons. The van der Waals surface area contributed by atoms with Crippen LogP contribution >= 0.6 is 0 Å². The molecule has 1 aromatic carbocycles. The quantitative estimate of drug-likeness (QED) is 0.671. The van der Waals surface area contributed by atoms with Crippen LogP contribution in [-0.2, 0) is 0 Å². The van der Waals surface area contributed by atoms with Gasteiger partial charge in [0.25, 0.3) is 0 Å². The Morgan fingerprint density at radius 3 is 2.75 bits per heavy atom. The molecule has 1 fully saturated rings. The van der Waals surface area contributed by atoms with E-state index in [-0.39, 0.29) is 12.0 Å². The lowest BCUT2D eigenvalue weighted by molar-refractivity contribution is 0.142. The van der Waals surface area contributed by atoms with Crippen LogP contribution in [0.25, 0.3) is 0 Å². The molecule has 0 amide bonds. The summed E-state index contributed by atoms with van der Waals surface area (Å²) in [5.41, 5.74) is 7.63. The molecule has 0 aromatic heterocycles. The van der Waals surface area contributed by atoms with Crippen molar-refractivity contribution < 1.29 is 9.84 Å². The van der Waals surface area contributed by atoms with E-state index in [1.807, 2.05) is 18.2 Å². The predicted molar refractivity (Wildman–Crippen MR) is 83.1 cm³/mol. The van der Waals surface area contributed by atoms with Gasteiger partial charge >= 0.3 is 0 Å². The Morgan fingerprint density at radius 2 is 2.10 bits per heavy atom. The maximum absolute atomic E-state index is 9.62. The summed E-state index contributed by atoms with van der Waals surface area (Å²) in [6.45, 7) is 3.81. The fourth-order valence-electron chi connectivity index (χ4n) is 2.79. The number of ether oxygens (including phenoxy) is 1. The molecular weight excluding hydrogens is 252 g/mol. The Hall–Kier alpha value is -1.42. The van der Waals surface area contributed by atoms with Crippen LogP contribution in [0.1, 0.15) is 39.0 Å². The van der Waals surface area contributed by atoms with Crippen LogP contribution in [0, 0.1) is 5.41 Å². The van der Waals surface area contributed by atoms with Gasteiger partial charge in [0.1, 0.15) is 5.75 Å². The van der Waals surface area contributed by atoms with Crippen molar-refractivity contribution in [3.05, 3.63) is 18.2 Å². The molecule has 0 heterocycles. The Kier molecular flexibility index (Phi) is 5.12. The Balaban J connectivity index is 1.98. The van der Waals surface area contributed by atoms with Gasteiger partial charge < -0.3 is 20.9 Å². The summed E-state index contributed by atoms with van der Waals surface area (Å²) < 4.78 is 5.64. The number of nitrogens with one attached hydrogen (secondary N) is 1. The van der Waals surface area contributed by atoms with Gasteiger partial charge in [-0.2, -0.15) is 0 Å². The van der Waals surface area contributed by atoms with Crippen LogP contribution in [0.2, 0.25) is 0 Å². The molecule has 0 bridgehead atoms. The van der Waals surface area contributed by atoms with Crippen molar-refractivity contribution in [2.45, 2.75) is 39.0 Å². The highest BCUT2D eigenvalue weighted by atomic mass is 16.5. The van der Waals surface area contributed by atoms with E-state index in [1.165, 1.54) is 12.8 Å². The first kappa shape index (κ1) is 15.0. The maximum Gasteiger partial charge on any atom is 0.144 e. The lowest BCUT2D eigenvalue weighted by Crippen LogP contribution is -2.30. The zero-order valence-corrected chi connectivity index (χ0v) is 12.3. The predicted octanol–water partition coefficient (Wildman–Crippen LogP) is 3.02. The molecular formula is C16H26N2O2. The standard InChI is InChI=1S/C16H26N2O2/c1-2-9-20-15-10-13(5-6-14(15)17)18-11-16(12-19)7-3-4-8-16/h5-6,10,18-19H,2-4,7-9,11-12,17H2,1H3. The molecule has 0 saturated heterocycles. The van der Waals surface area contributed by atoms with Gasteiger partial charge in [-0.25, -0.2) is 0 Å². The van der Waals surface area contributed by atoms with E-state index in [0.29, 0.717) is 12.3 Å². The minimum Gasteiger partial charge on any atom is -0.491 e. The summed E-state index contributed by atoms with van der Waals surface area (Å²) in [4.78, 5) is 0. The van der Waals surface area contributed by atoms with E-state index >= 15 is 0 Å². The fraction of sp³-hybridized carbons (Fsp3) is 0.625. The van der Waals surface area contributed by atoms with E-state index in [4.69, 9.17) is 10.5 Å². The highest BCUT2D eigenvalue weighted by Crippen LogP contribution is 2.38. The molecule has 0 unspecified atom stereocenters. The van der Waals surface area contributed by atoms with Crippen LogP contribution in [-0.4, -0.2) is 24.9 Å². The molecule has 1 aliphatic carbocycles. The number of aliphatic hydroxyl groups is 1. The van der Waals surface area contributed by atoms with Crippen molar-refractivity contribution in [3.8, 4) is 5.75 Å². The highest BCUT2D eigenvalue weighted by Gasteiger charge is 2.32. The summed E-state index contributed by atoms with van der Waals surface area (Å²) >= 11 is 0. The van der Waals surface area contributed by atoms with Gasteiger partial charge in [-0.15, -0.1) is 0 Å². The average molecular weight is 278 g/mol. The van der Waals surface area contributed by atoms with Crippen LogP contribution in [0.3, 0.4) is 0 Å². The van der Waals surface area contributed by atoms with Gasteiger partial charge in [0.15, 0.2) is 0 Å². The second kappa shape index (κ2) is 6.84. The second-order valence-corrected chi connectivity index (χ2v) is 5.82. The molecule has 2 rings (SSSR count). The summed E-state index contributed by atoms with van der Waals surface area (Å²) in [6, 6.07) is 5.78. The smallest absolute Gasteiger partial charge is 0.144 e. The minimum absolute atomic E-state index is 0.0474. The van der Waals surface area contributed by atoms with E-state index in [9.17, 15) is 5.11 Å².